The van der Waals surface area contributed by atoms with E-state index in [0.717, 1.165) is 12.1 Å². The van der Waals surface area contributed by atoms with E-state index in [4.69, 9.17) is 16.1 Å². The van der Waals surface area contributed by atoms with Crippen molar-refractivity contribution in [1.29, 1.82) is 0 Å². The highest BCUT2D eigenvalue weighted by Gasteiger charge is 2.40. The van der Waals surface area contributed by atoms with Crippen molar-refractivity contribution in [2.45, 2.75) is 6.18 Å². The Morgan fingerprint density at radius 1 is 1.04 bits per heavy atom. The maximum atomic E-state index is 13.3. The molecule has 1 aromatic heterocycles. The number of aromatic hydroxyl groups is 2. The number of aromatic nitrogens is 1. The monoisotopic (exact) mass is 433 g/mol. The van der Waals surface area contributed by atoms with Crippen LogP contribution in [0, 0.1) is 0 Å². The number of rotatable bonds is 2. The molecule has 3 rings (SSSR count). The van der Waals surface area contributed by atoms with Gasteiger partial charge in [0.2, 0.25) is 0 Å². The number of phenols is 2. The minimum atomic E-state index is -4.76. The quantitative estimate of drug-likeness (QED) is 0.531. The summed E-state index contributed by atoms with van der Waals surface area (Å²) in [5, 5.41) is 22.5. The number of nitrogens with zero attached hydrogens (tertiary/aromatic N) is 1. The number of alkyl halides is 3. The van der Waals surface area contributed by atoms with Crippen molar-refractivity contribution in [3.05, 3.63) is 51.6 Å². The van der Waals surface area contributed by atoms with E-state index in [1.54, 1.807) is 12.1 Å². The van der Waals surface area contributed by atoms with Gasteiger partial charge in [0.1, 0.15) is 11.5 Å². The van der Waals surface area contributed by atoms with Crippen LogP contribution in [0.5, 0.6) is 11.5 Å². The van der Waals surface area contributed by atoms with E-state index >= 15 is 0 Å². The first-order valence-corrected chi connectivity index (χ1v) is 7.90. The fourth-order valence-corrected chi connectivity index (χ4v) is 2.71. The van der Waals surface area contributed by atoms with Crippen molar-refractivity contribution in [2.75, 3.05) is 0 Å². The van der Waals surface area contributed by atoms with Gasteiger partial charge in [-0.05, 0) is 23.8 Å². The average Bonchev–Trinajstić information content (AvgIpc) is 2.96. The van der Waals surface area contributed by atoms with Gasteiger partial charge in [-0.3, -0.25) is 0 Å². The van der Waals surface area contributed by atoms with Gasteiger partial charge in [0.25, 0.3) is 0 Å². The van der Waals surface area contributed by atoms with Gasteiger partial charge < -0.3 is 14.7 Å². The Kier molecular flexibility index (Phi) is 4.42. The van der Waals surface area contributed by atoms with E-state index in [2.05, 4.69) is 21.1 Å². The second-order valence-corrected chi connectivity index (χ2v) is 6.38. The Morgan fingerprint density at radius 2 is 1.68 bits per heavy atom. The number of halogens is 5. The molecule has 2 aromatic carbocycles. The van der Waals surface area contributed by atoms with Crippen molar-refractivity contribution < 1.29 is 27.9 Å². The van der Waals surface area contributed by atoms with E-state index in [-0.39, 0.29) is 27.5 Å². The third-order valence-electron chi connectivity index (χ3n) is 3.40. The van der Waals surface area contributed by atoms with Crippen LogP contribution in [0.1, 0.15) is 5.69 Å². The fourth-order valence-electron chi connectivity index (χ4n) is 2.28. The summed E-state index contributed by atoms with van der Waals surface area (Å²) in [6, 6.07) is 8.06. The van der Waals surface area contributed by atoms with Crippen LogP contribution < -0.4 is 0 Å². The number of phenolic OH excluding ortho intramolecular Hbond substituents is 2. The summed E-state index contributed by atoms with van der Waals surface area (Å²) in [4.78, 5) is 0. The normalized spacial score (nSPS) is 11.7. The number of hydrogen-bond donors (Lipinski definition) is 2. The van der Waals surface area contributed by atoms with Crippen LogP contribution in [0.3, 0.4) is 0 Å². The Labute approximate surface area is 152 Å². The summed E-state index contributed by atoms with van der Waals surface area (Å²) < 4.78 is 45.5. The molecule has 0 radical (unpaired) electrons. The number of hydrogen-bond acceptors (Lipinski definition) is 4. The fraction of sp³-hybridized carbons (Fsp3) is 0.0625. The molecule has 25 heavy (non-hydrogen) atoms. The summed E-state index contributed by atoms with van der Waals surface area (Å²) in [5.41, 5.74) is -1.50. The molecule has 9 heteroatoms. The van der Waals surface area contributed by atoms with Crippen molar-refractivity contribution in [1.82, 2.24) is 5.16 Å². The van der Waals surface area contributed by atoms with Crippen molar-refractivity contribution in [2.24, 2.45) is 0 Å². The summed E-state index contributed by atoms with van der Waals surface area (Å²) in [6.45, 7) is 0. The van der Waals surface area contributed by atoms with E-state index < -0.39 is 23.4 Å². The summed E-state index contributed by atoms with van der Waals surface area (Å²) in [7, 11) is 0. The molecule has 3 aromatic rings. The maximum absolute atomic E-state index is 13.3. The maximum Gasteiger partial charge on any atom is 0.437 e. The third-order valence-corrected chi connectivity index (χ3v) is 4.23. The first-order valence-electron chi connectivity index (χ1n) is 6.73. The third kappa shape index (κ3) is 3.32. The second-order valence-electron chi connectivity index (χ2n) is 5.06. The minimum Gasteiger partial charge on any atom is -0.507 e. The molecule has 0 saturated heterocycles. The predicted octanol–water partition coefficient (Wildman–Crippen LogP) is 5.85. The molecule has 4 nitrogen and oxygen atoms in total. The highest BCUT2D eigenvalue weighted by atomic mass is 79.9. The Hall–Kier alpha value is -2.19. The zero-order valence-corrected chi connectivity index (χ0v) is 14.4. The lowest BCUT2D eigenvalue weighted by molar-refractivity contribution is -0.142. The summed E-state index contributed by atoms with van der Waals surface area (Å²) >= 11 is 9.01. The van der Waals surface area contributed by atoms with Gasteiger partial charge in [0.15, 0.2) is 11.5 Å². The highest BCUT2D eigenvalue weighted by Crippen LogP contribution is 2.46. The molecule has 0 saturated carbocycles. The second kappa shape index (κ2) is 6.27. The average molecular weight is 435 g/mol. The lowest BCUT2D eigenvalue weighted by Gasteiger charge is -2.09. The van der Waals surface area contributed by atoms with Crippen LogP contribution in [0.15, 0.2) is 45.4 Å². The van der Waals surface area contributed by atoms with Gasteiger partial charge in [-0.2, -0.15) is 13.2 Å². The van der Waals surface area contributed by atoms with Crippen molar-refractivity contribution in [3.8, 4) is 33.9 Å². The van der Waals surface area contributed by atoms with Crippen LogP contribution in [0.2, 0.25) is 5.02 Å². The van der Waals surface area contributed by atoms with Gasteiger partial charge >= 0.3 is 6.18 Å². The van der Waals surface area contributed by atoms with E-state index in [9.17, 15) is 23.4 Å². The molecule has 130 valence electrons. The number of benzene rings is 2. The molecule has 0 aliphatic heterocycles. The van der Waals surface area contributed by atoms with Crippen LogP contribution >= 0.6 is 27.5 Å². The van der Waals surface area contributed by atoms with Gasteiger partial charge in [-0.1, -0.05) is 44.8 Å². The Bertz CT molecular complexity index is 939. The Balaban J connectivity index is 2.30. The lowest BCUT2D eigenvalue weighted by atomic mass is 9.98. The van der Waals surface area contributed by atoms with E-state index in [0.29, 0.717) is 4.47 Å². The van der Waals surface area contributed by atoms with Crippen LogP contribution in [0.25, 0.3) is 22.5 Å². The molecule has 0 fully saturated rings. The smallest absolute Gasteiger partial charge is 0.437 e. The Morgan fingerprint density at radius 3 is 2.28 bits per heavy atom. The molecule has 0 amide bonds. The molecule has 0 atom stereocenters. The molecule has 0 aliphatic rings. The molecule has 0 unspecified atom stereocenters. The SMILES string of the molecule is Oc1cc(O)c(-c2onc(C(F)(F)F)c2-c2ccc(Br)cc2)cc1Cl. The zero-order valence-electron chi connectivity index (χ0n) is 12.1. The molecule has 1 heterocycles. The zero-order chi connectivity index (χ0) is 18.4. The standard InChI is InChI=1S/C16H8BrClF3NO3/c17-8-3-1-7(2-4-8)13-14(25-22-15(13)16(19,20)21)9-5-10(18)12(24)6-11(9)23/h1-6,23-24H. The van der Waals surface area contributed by atoms with E-state index in [1.807, 2.05) is 0 Å². The van der Waals surface area contributed by atoms with Crippen LogP contribution in [-0.4, -0.2) is 15.4 Å². The topological polar surface area (TPSA) is 66.5 Å². The minimum absolute atomic E-state index is 0.122. The van der Waals surface area contributed by atoms with Crippen LogP contribution in [-0.2, 0) is 6.18 Å². The molecule has 0 bridgehead atoms. The lowest BCUT2D eigenvalue weighted by Crippen LogP contribution is -2.07. The summed E-state index contributed by atoms with van der Waals surface area (Å²) in [5.74, 6) is -1.22. The first kappa shape index (κ1) is 17.6. The highest BCUT2D eigenvalue weighted by molar-refractivity contribution is 9.10. The molecule has 2 N–H and O–H groups in total. The molecule has 0 aliphatic carbocycles. The predicted molar refractivity (Wildman–Crippen MR) is 88.4 cm³/mol. The molecular formula is C16H8BrClF3NO3. The molecular weight excluding hydrogens is 427 g/mol. The van der Waals surface area contributed by atoms with Crippen LogP contribution in [0.4, 0.5) is 13.2 Å². The van der Waals surface area contributed by atoms with Gasteiger partial charge in [-0.15, -0.1) is 0 Å². The van der Waals surface area contributed by atoms with Crippen molar-refractivity contribution in [3.63, 3.8) is 0 Å². The van der Waals surface area contributed by atoms with Gasteiger partial charge in [-0.25, -0.2) is 0 Å². The molecule has 0 spiro atoms. The van der Waals surface area contributed by atoms with Gasteiger partial charge in [0, 0.05) is 10.5 Å². The summed E-state index contributed by atoms with van der Waals surface area (Å²) in [6.07, 6.45) is -4.76. The first-order chi connectivity index (χ1) is 11.7. The van der Waals surface area contributed by atoms with Gasteiger partial charge in [0.05, 0.1) is 16.1 Å². The van der Waals surface area contributed by atoms with E-state index in [1.165, 1.54) is 12.1 Å². The van der Waals surface area contributed by atoms with Crippen molar-refractivity contribution >= 4 is 27.5 Å². The largest absolute Gasteiger partial charge is 0.507 e.